The van der Waals surface area contributed by atoms with Crippen molar-refractivity contribution >= 4 is 11.3 Å². The summed E-state index contributed by atoms with van der Waals surface area (Å²) < 4.78 is 0. The first-order valence-corrected chi connectivity index (χ1v) is 6.74. The van der Waals surface area contributed by atoms with Gasteiger partial charge in [0.05, 0.1) is 0 Å². The second-order valence-electron chi connectivity index (χ2n) is 4.24. The van der Waals surface area contributed by atoms with Crippen LogP contribution in [0.1, 0.15) is 44.2 Å². The van der Waals surface area contributed by atoms with Crippen LogP contribution in [-0.4, -0.2) is 6.54 Å². The van der Waals surface area contributed by atoms with Crippen molar-refractivity contribution in [2.24, 2.45) is 0 Å². The molecular weight excluding hydrogens is 202 g/mol. The van der Waals surface area contributed by atoms with Gasteiger partial charge in [-0.25, -0.2) is 0 Å². The number of hydrogen-bond donors (Lipinski definition) is 1. The molecule has 2 rings (SSSR count). The Morgan fingerprint density at radius 3 is 3.13 bits per heavy atom. The molecule has 1 nitrogen and oxygen atoms in total. The molecule has 0 amide bonds. The molecule has 1 aliphatic carbocycles. The first-order valence-electron chi connectivity index (χ1n) is 5.79. The molecule has 1 aromatic heterocycles. The molecule has 0 spiro atoms. The summed E-state index contributed by atoms with van der Waals surface area (Å²) in [6.45, 7) is 3.36. The van der Waals surface area contributed by atoms with E-state index in [-0.39, 0.29) is 0 Å². The molecule has 0 saturated heterocycles. The van der Waals surface area contributed by atoms with Gasteiger partial charge in [-0.05, 0) is 61.5 Å². The minimum atomic E-state index is 0.498. The van der Waals surface area contributed by atoms with Gasteiger partial charge >= 0.3 is 0 Å². The average molecular weight is 221 g/mol. The summed E-state index contributed by atoms with van der Waals surface area (Å²) in [6.07, 6.45) is 7.64. The molecule has 2 heteroatoms. The lowest BCUT2D eigenvalue weighted by Crippen LogP contribution is -2.19. The minimum absolute atomic E-state index is 0.498. The van der Waals surface area contributed by atoms with Crippen LogP contribution in [0.2, 0.25) is 0 Å². The Balaban J connectivity index is 1.69. The molecule has 15 heavy (non-hydrogen) atoms. The van der Waals surface area contributed by atoms with E-state index < -0.39 is 0 Å². The van der Waals surface area contributed by atoms with Crippen LogP contribution in [0.25, 0.3) is 0 Å². The van der Waals surface area contributed by atoms with Crippen LogP contribution >= 0.6 is 11.3 Å². The highest BCUT2D eigenvalue weighted by Gasteiger charge is 2.07. The van der Waals surface area contributed by atoms with Gasteiger partial charge in [0.25, 0.3) is 0 Å². The number of hydrogen-bond acceptors (Lipinski definition) is 2. The molecule has 0 fully saturated rings. The van der Waals surface area contributed by atoms with Crippen LogP contribution in [0.15, 0.2) is 28.5 Å². The zero-order chi connectivity index (χ0) is 10.5. The highest BCUT2D eigenvalue weighted by atomic mass is 32.1. The fraction of sp³-hybridized carbons (Fsp3) is 0.538. The van der Waals surface area contributed by atoms with Crippen molar-refractivity contribution in [1.29, 1.82) is 0 Å². The van der Waals surface area contributed by atoms with E-state index in [9.17, 15) is 0 Å². The van der Waals surface area contributed by atoms with E-state index in [1.54, 1.807) is 16.9 Å². The Morgan fingerprint density at radius 2 is 2.47 bits per heavy atom. The van der Waals surface area contributed by atoms with Crippen molar-refractivity contribution in [3.8, 4) is 0 Å². The van der Waals surface area contributed by atoms with Gasteiger partial charge in [0.1, 0.15) is 0 Å². The van der Waals surface area contributed by atoms with Crippen molar-refractivity contribution in [2.45, 2.75) is 38.6 Å². The van der Waals surface area contributed by atoms with Crippen LogP contribution in [0.3, 0.4) is 0 Å². The largest absolute Gasteiger partial charge is 0.310 e. The number of rotatable bonds is 5. The van der Waals surface area contributed by atoms with E-state index in [0.29, 0.717) is 6.04 Å². The molecule has 0 radical (unpaired) electrons. The second-order valence-corrected chi connectivity index (χ2v) is 5.02. The molecule has 1 atom stereocenters. The summed E-state index contributed by atoms with van der Waals surface area (Å²) in [5.41, 5.74) is 3.07. The van der Waals surface area contributed by atoms with E-state index in [0.717, 1.165) is 6.54 Å². The van der Waals surface area contributed by atoms with Crippen LogP contribution < -0.4 is 5.32 Å². The van der Waals surface area contributed by atoms with Crippen molar-refractivity contribution in [2.75, 3.05) is 6.54 Å². The van der Waals surface area contributed by atoms with Gasteiger partial charge in [-0.3, -0.25) is 0 Å². The molecule has 1 N–H and O–H groups in total. The van der Waals surface area contributed by atoms with Gasteiger partial charge in [0.15, 0.2) is 0 Å². The predicted octanol–water partition coefficient (Wildman–Crippen LogP) is 3.90. The quantitative estimate of drug-likeness (QED) is 0.744. The Labute approximate surface area is 96.2 Å². The Kier molecular flexibility index (Phi) is 3.98. The van der Waals surface area contributed by atoms with Gasteiger partial charge in [0.2, 0.25) is 0 Å². The zero-order valence-electron chi connectivity index (χ0n) is 9.33. The summed E-state index contributed by atoms with van der Waals surface area (Å²) >= 11 is 1.78. The Bertz CT molecular complexity index is 313. The summed E-state index contributed by atoms with van der Waals surface area (Å²) in [7, 11) is 0. The summed E-state index contributed by atoms with van der Waals surface area (Å²) in [5.74, 6) is 0. The van der Waals surface area contributed by atoms with E-state index in [4.69, 9.17) is 0 Å². The third kappa shape index (κ3) is 3.18. The normalized spacial score (nSPS) is 17.8. The number of thiophene rings is 1. The minimum Gasteiger partial charge on any atom is -0.310 e. The lowest BCUT2D eigenvalue weighted by Gasteiger charge is -2.12. The maximum absolute atomic E-state index is 3.58. The Hall–Kier alpha value is -0.600. The molecule has 0 saturated carbocycles. The fourth-order valence-corrected chi connectivity index (χ4v) is 2.81. The van der Waals surface area contributed by atoms with Crippen LogP contribution in [0.5, 0.6) is 0 Å². The summed E-state index contributed by atoms with van der Waals surface area (Å²) in [6, 6.07) is 2.70. The van der Waals surface area contributed by atoms with Gasteiger partial charge in [-0.2, -0.15) is 11.3 Å². The van der Waals surface area contributed by atoms with E-state index in [1.165, 1.54) is 31.2 Å². The van der Waals surface area contributed by atoms with E-state index in [2.05, 4.69) is 35.1 Å². The lowest BCUT2D eigenvalue weighted by atomic mass is 10.1. The molecule has 0 aromatic carbocycles. The second kappa shape index (κ2) is 5.47. The highest BCUT2D eigenvalue weighted by molar-refractivity contribution is 7.07. The molecular formula is C13H19NS. The molecule has 0 aliphatic heterocycles. The van der Waals surface area contributed by atoms with Crippen molar-refractivity contribution in [3.05, 3.63) is 34.0 Å². The maximum atomic E-state index is 3.58. The first kappa shape index (κ1) is 10.9. The summed E-state index contributed by atoms with van der Waals surface area (Å²) in [5, 5.41) is 7.95. The van der Waals surface area contributed by atoms with Crippen molar-refractivity contribution in [1.82, 2.24) is 5.32 Å². The third-order valence-electron chi connectivity index (χ3n) is 3.07. The fourth-order valence-electron chi connectivity index (χ4n) is 2.05. The molecule has 1 aromatic rings. The predicted molar refractivity (Wildman–Crippen MR) is 67.3 cm³/mol. The molecule has 1 aliphatic rings. The van der Waals surface area contributed by atoms with Gasteiger partial charge in [-0.1, -0.05) is 11.6 Å². The Morgan fingerprint density at radius 1 is 1.53 bits per heavy atom. The van der Waals surface area contributed by atoms with Crippen molar-refractivity contribution < 1.29 is 0 Å². The van der Waals surface area contributed by atoms with Crippen LogP contribution in [-0.2, 0) is 0 Å². The smallest absolute Gasteiger partial charge is 0.0300 e. The standard InChI is InChI=1S/C13H19NS/c1-11(13-7-9-15-10-13)14-8-6-12-4-2-3-5-12/h4,7,9-11,14H,2-3,5-6,8H2,1H3. The molecule has 1 heterocycles. The topological polar surface area (TPSA) is 12.0 Å². The maximum Gasteiger partial charge on any atom is 0.0300 e. The lowest BCUT2D eigenvalue weighted by molar-refractivity contribution is 0.574. The summed E-state index contributed by atoms with van der Waals surface area (Å²) in [4.78, 5) is 0. The molecule has 82 valence electrons. The van der Waals surface area contributed by atoms with Gasteiger partial charge in [0, 0.05) is 6.04 Å². The number of nitrogens with one attached hydrogen (secondary N) is 1. The van der Waals surface area contributed by atoms with Gasteiger partial charge in [-0.15, -0.1) is 0 Å². The van der Waals surface area contributed by atoms with Crippen LogP contribution in [0, 0.1) is 0 Å². The van der Waals surface area contributed by atoms with E-state index in [1.807, 2.05) is 0 Å². The van der Waals surface area contributed by atoms with E-state index >= 15 is 0 Å². The number of allylic oxidation sites excluding steroid dienone is 1. The first-order chi connectivity index (χ1) is 7.36. The molecule has 0 bridgehead atoms. The SMILES string of the molecule is CC(NCCC1=CCCC1)c1ccsc1. The van der Waals surface area contributed by atoms with Crippen LogP contribution in [0.4, 0.5) is 0 Å². The van der Waals surface area contributed by atoms with Gasteiger partial charge < -0.3 is 5.32 Å². The zero-order valence-corrected chi connectivity index (χ0v) is 10.1. The average Bonchev–Trinajstić information content (AvgIpc) is 2.90. The van der Waals surface area contributed by atoms with Crippen molar-refractivity contribution in [3.63, 3.8) is 0 Å². The molecule has 1 unspecified atom stereocenters. The monoisotopic (exact) mass is 221 g/mol. The third-order valence-corrected chi connectivity index (χ3v) is 3.78. The highest BCUT2D eigenvalue weighted by Crippen LogP contribution is 2.21.